The molecule has 0 saturated heterocycles. The molecule has 0 radical (unpaired) electrons. The molecule has 3 rings (SSSR count). The molecule has 0 N–H and O–H groups in total. The molecule has 0 atom stereocenters. The Balaban J connectivity index is 2.17. The first-order valence-electron chi connectivity index (χ1n) is 7.45. The van der Waals surface area contributed by atoms with E-state index in [1.54, 1.807) is 10.8 Å². The van der Waals surface area contributed by atoms with Crippen molar-refractivity contribution in [2.45, 2.75) is 6.92 Å². The van der Waals surface area contributed by atoms with Crippen molar-refractivity contribution in [1.82, 2.24) is 9.78 Å². The van der Waals surface area contributed by atoms with Crippen LogP contribution in [-0.4, -0.2) is 9.78 Å². The fraction of sp³-hybridized carbons (Fsp3) is 0.0500. The van der Waals surface area contributed by atoms with Gasteiger partial charge in [0.1, 0.15) is 23.4 Å². The molecule has 0 bridgehead atoms. The van der Waals surface area contributed by atoms with Gasteiger partial charge in [-0.1, -0.05) is 48.0 Å². The van der Waals surface area contributed by atoms with E-state index in [1.165, 1.54) is 0 Å². The molecule has 114 valence electrons. The first kappa shape index (κ1) is 15.3. The molecule has 0 aliphatic heterocycles. The summed E-state index contributed by atoms with van der Waals surface area (Å²) >= 11 is 0. The maximum Gasteiger partial charge on any atom is 0.130 e. The lowest BCUT2D eigenvalue weighted by atomic mass is 10.1. The highest BCUT2D eigenvalue weighted by Gasteiger charge is 2.11. The van der Waals surface area contributed by atoms with Crippen molar-refractivity contribution in [2.24, 2.45) is 0 Å². The molecule has 4 nitrogen and oxygen atoms in total. The normalized spacial score (nSPS) is 9.79. The SMILES string of the molecule is Cc1ccc(-c2nn(-c3ccccc3)cc2C=C(C#N)C#N)cc1. The van der Waals surface area contributed by atoms with Gasteiger partial charge < -0.3 is 0 Å². The number of hydrogen-bond donors (Lipinski definition) is 0. The van der Waals surface area contributed by atoms with Crippen molar-refractivity contribution >= 4 is 6.08 Å². The van der Waals surface area contributed by atoms with Crippen LogP contribution < -0.4 is 0 Å². The van der Waals surface area contributed by atoms with Crippen molar-refractivity contribution < 1.29 is 0 Å². The third-order valence-corrected chi connectivity index (χ3v) is 3.63. The number of hydrogen-bond acceptors (Lipinski definition) is 3. The molecule has 0 aliphatic rings. The molecule has 1 aromatic heterocycles. The van der Waals surface area contributed by atoms with Gasteiger partial charge >= 0.3 is 0 Å². The first-order valence-corrected chi connectivity index (χ1v) is 7.45. The van der Waals surface area contributed by atoms with Gasteiger partial charge in [0.05, 0.1) is 5.69 Å². The Kier molecular flexibility index (Phi) is 4.23. The smallest absolute Gasteiger partial charge is 0.130 e. The molecule has 0 fully saturated rings. The quantitative estimate of drug-likeness (QED) is 0.678. The van der Waals surface area contributed by atoms with Gasteiger partial charge in [0, 0.05) is 17.3 Å². The van der Waals surface area contributed by atoms with E-state index >= 15 is 0 Å². The Hall–Kier alpha value is -3.63. The van der Waals surface area contributed by atoms with Gasteiger partial charge in [-0.15, -0.1) is 0 Å². The van der Waals surface area contributed by atoms with Gasteiger partial charge in [-0.25, -0.2) is 4.68 Å². The molecule has 0 spiro atoms. The number of allylic oxidation sites excluding steroid dienone is 1. The van der Waals surface area contributed by atoms with Crippen LogP contribution in [0.1, 0.15) is 11.1 Å². The standard InChI is InChI=1S/C20H14N4/c1-15-7-9-17(10-8-15)20-18(11-16(12-21)13-22)14-24(23-20)19-5-3-2-4-6-19/h2-11,14H,1H3. The minimum atomic E-state index is 0.0518. The lowest BCUT2D eigenvalue weighted by Crippen LogP contribution is -1.93. The molecule has 0 unspecified atom stereocenters. The highest BCUT2D eigenvalue weighted by atomic mass is 15.3. The van der Waals surface area contributed by atoms with E-state index in [4.69, 9.17) is 10.5 Å². The molecule has 24 heavy (non-hydrogen) atoms. The molecule has 3 aromatic rings. The van der Waals surface area contributed by atoms with Crippen LogP contribution in [0.2, 0.25) is 0 Å². The number of aromatic nitrogens is 2. The van der Waals surface area contributed by atoms with Crippen LogP contribution in [0.3, 0.4) is 0 Å². The summed E-state index contributed by atoms with van der Waals surface area (Å²) in [7, 11) is 0. The lowest BCUT2D eigenvalue weighted by molar-refractivity contribution is 0.884. The minimum Gasteiger partial charge on any atom is -0.240 e. The minimum absolute atomic E-state index is 0.0518. The zero-order chi connectivity index (χ0) is 16.9. The second-order valence-electron chi connectivity index (χ2n) is 5.36. The van der Waals surface area contributed by atoms with E-state index in [-0.39, 0.29) is 5.57 Å². The van der Waals surface area contributed by atoms with Gasteiger partial charge in [0.2, 0.25) is 0 Å². The summed E-state index contributed by atoms with van der Waals surface area (Å²) in [4.78, 5) is 0. The van der Waals surface area contributed by atoms with Gasteiger partial charge in [-0.05, 0) is 25.1 Å². The fourth-order valence-corrected chi connectivity index (χ4v) is 2.39. The van der Waals surface area contributed by atoms with Crippen molar-refractivity contribution in [1.29, 1.82) is 10.5 Å². The van der Waals surface area contributed by atoms with Crippen LogP contribution in [-0.2, 0) is 0 Å². The number of nitrogens with zero attached hydrogens (tertiary/aromatic N) is 4. The zero-order valence-electron chi connectivity index (χ0n) is 13.1. The molecule has 0 aliphatic carbocycles. The van der Waals surface area contributed by atoms with Crippen molar-refractivity contribution in [3.8, 4) is 29.1 Å². The van der Waals surface area contributed by atoms with Crippen molar-refractivity contribution in [2.75, 3.05) is 0 Å². The third kappa shape index (κ3) is 3.09. The maximum atomic E-state index is 9.04. The Bertz CT molecular complexity index is 949. The number of benzene rings is 2. The van der Waals surface area contributed by atoms with Gasteiger partial charge in [-0.2, -0.15) is 15.6 Å². The van der Waals surface area contributed by atoms with Crippen LogP contribution in [0.25, 0.3) is 23.0 Å². The number of nitriles is 2. The summed E-state index contributed by atoms with van der Waals surface area (Å²) < 4.78 is 1.76. The number of rotatable bonds is 3. The van der Waals surface area contributed by atoms with Gasteiger partial charge in [-0.3, -0.25) is 0 Å². The van der Waals surface area contributed by atoms with Crippen molar-refractivity contribution in [3.63, 3.8) is 0 Å². The van der Waals surface area contributed by atoms with Crippen LogP contribution in [0.5, 0.6) is 0 Å². The molecular weight excluding hydrogens is 296 g/mol. The summed E-state index contributed by atoms with van der Waals surface area (Å²) in [5.41, 5.74) is 4.55. The van der Waals surface area contributed by atoms with Gasteiger partial charge in [0.15, 0.2) is 0 Å². The number of aryl methyl sites for hydroxylation is 1. The average molecular weight is 310 g/mol. The second-order valence-corrected chi connectivity index (χ2v) is 5.36. The van der Waals surface area contributed by atoms with E-state index in [0.29, 0.717) is 0 Å². The Morgan fingerprint density at radius 2 is 1.67 bits per heavy atom. The van der Waals surface area contributed by atoms with Crippen LogP contribution in [0, 0.1) is 29.6 Å². The Morgan fingerprint density at radius 1 is 1.00 bits per heavy atom. The molecule has 4 heteroatoms. The summed E-state index contributed by atoms with van der Waals surface area (Å²) in [6.07, 6.45) is 3.40. The maximum absolute atomic E-state index is 9.04. The molecule has 0 saturated carbocycles. The highest BCUT2D eigenvalue weighted by Crippen LogP contribution is 2.26. The second kappa shape index (κ2) is 6.64. The molecule has 1 heterocycles. The van der Waals surface area contributed by atoms with E-state index in [2.05, 4.69) is 5.10 Å². The summed E-state index contributed by atoms with van der Waals surface area (Å²) in [5, 5.41) is 22.7. The summed E-state index contributed by atoms with van der Waals surface area (Å²) in [5.74, 6) is 0. The molecule has 2 aromatic carbocycles. The lowest BCUT2D eigenvalue weighted by Gasteiger charge is -2.01. The first-order chi connectivity index (χ1) is 11.7. The molecule has 0 amide bonds. The highest BCUT2D eigenvalue weighted by molar-refractivity contribution is 5.75. The summed E-state index contributed by atoms with van der Waals surface area (Å²) in [6.45, 7) is 2.02. The van der Waals surface area contributed by atoms with E-state index in [0.717, 1.165) is 28.1 Å². The van der Waals surface area contributed by atoms with E-state index in [9.17, 15) is 0 Å². The third-order valence-electron chi connectivity index (χ3n) is 3.63. The van der Waals surface area contributed by atoms with E-state index in [1.807, 2.05) is 79.9 Å². The monoisotopic (exact) mass is 310 g/mol. The number of para-hydroxylation sites is 1. The van der Waals surface area contributed by atoms with Crippen molar-refractivity contribution in [3.05, 3.63) is 77.5 Å². The van der Waals surface area contributed by atoms with Crippen LogP contribution in [0.4, 0.5) is 0 Å². The van der Waals surface area contributed by atoms with E-state index < -0.39 is 0 Å². The Morgan fingerprint density at radius 3 is 2.29 bits per heavy atom. The van der Waals surface area contributed by atoms with Crippen LogP contribution >= 0.6 is 0 Å². The van der Waals surface area contributed by atoms with Crippen LogP contribution in [0.15, 0.2) is 66.4 Å². The van der Waals surface area contributed by atoms with Gasteiger partial charge in [0.25, 0.3) is 0 Å². The zero-order valence-corrected chi connectivity index (χ0v) is 13.1. The summed E-state index contributed by atoms with van der Waals surface area (Å²) in [6, 6.07) is 21.5. The predicted molar refractivity (Wildman–Crippen MR) is 92.9 cm³/mol. The predicted octanol–water partition coefficient (Wildman–Crippen LogP) is 4.28. The largest absolute Gasteiger partial charge is 0.240 e. The molecular formula is C20H14N4. The Labute approximate surface area is 140 Å². The average Bonchev–Trinajstić information content (AvgIpc) is 3.05. The topological polar surface area (TPSA) is 65.4 Å². The fourth-order valence-electron chi connectivity index (χ4n) is 2.39.